The molecule has 2 aromatic carbocycles. The minimum absolute atomic E-state index is 0.0223. The van der Waals surface area contributed by atoms with Crippen molar-refractivity contribution in [2.24, 2.45) is 0 Å². The normalized spacial score (nSPS) is 11.3. The van der Waals surface area contributed by atoms with Gasteiger partial charge in [0, 0.05) is 23.5 Å². The fourth-order valence-corrected chi connectivity index (χ4v) is 5.13. The van der Waals surface area contributed by atoms with Gasteiger partial charge < -0.3 is 4.90 Å². The van der Waals surface area contributed by atoms with Crippen molar-refractivity contribution in [1.82, 2.24) is 9.88 Å². The molecule has 0 aliphatic rings. The van der Waals surface area contributed by atoms with Crippen molar-refractivity contribution in [3.05, 3.63) is 53.1 Å². The van der Waals surface area contributed by atoms with Crippen LogP contribution in [0.2, 0.25) is 5.02 Å². The lowest BCUT2D eigenvalue weighted by atomic mass is 10.2. The van der Waals surface area contributed by atoms with Gasteiger partial charge in [0.05, 0.1) is 9.72 Å². The van der Waals surface area contributed by atoms with E-state index < -0.39 is 0 Å². The fourth-order valence-electron chi connectivity index (χ4n) is 3.13. The summed E-state index contributed by atoms with van der Waals surface area (Å²) in [5.74, 6) is 0.950. The number of aromatic nitrogens is 1. The number of carbonyl (C=O) groups excluding carboxylic acids is 1. The summed E-state index contributed by atoms with van der Waals surface area (Å²) in [5, 5.41) is 1.31. The van der Waals surface area contributed by atoms with Gasteiger partial charge in [0.15, 0.2) is 5.13 Å². The molecule has 3 rings (SSSR count). The number of halogens is 1. The van der Waals surface area contributed by atoms with Crippen LogP contribution in [-0.4, -0.2) is 47.7 Å². The predicted molar refractivity (Wildman–Crippen MR) is 127 cm³/mol. The number of anilines is 1. The molecule has 1 heterocycles. The van der Waals surface area contributed by atoms with E-state index in [0.717, 1.165) is 40.5 Å². The molecule has 0 unspecified atom stereocenters. The second-order valence-electron chi connectivity index (χ2n) is 6.53. The zero-order valence-corrected chi connectivity index (χ0v) is 19.4. The molecule has 3 aromatic rings. The molecule has 0 atom stereocenters. The number of fused-ring (bicyclic) bond motifs is 1. The quantitative estimate of drug-likeness (QED) is 0.374. The monoisotopic (exact) mass is 447 g/mol. The smallest absolute Gasteiger partial charge is 0.260 e. The Morgan fingerprint density at radius 3 is 2.55 bits per heavy atom. The van der Waals surface area contributed by atoms with Crippen molar-refractivity contribution in [3.8, 4) is 0 Å². The fraction of sp³-hybridized carbons (Fsp3) is 0.364. The third-order valence-electron chi connectivity index (χ3n) is 4.76. The van der Waals surface area contributed by atoms with Crippen LogP contribution in [0, 0.1) is 0 Å². The number of amides is 1. The molecule has 29 heavy (non-hydrogen) atoms. The standard InChI is InChI=1S/C22H26ClN3OS2/c1-4-25(5-2)13-14-26(21(27)16-9-7-10-17(15-16)28-6-3)22-24-20-18(23)11-8-12-19(20)29-22/h7-12,15H,4-6,13-14H2,1-3H3. The lowest BCUT2D eigenvalue weighted by molar-refractivity contribution is 0.0983. The van der Waals surface area contributed by atoms with Crippen LogP contribution in [0.1, 0.15) is 31.1 Å². The second kappa shape index (κ2) is 10.4. The predicted octanol–water partition coefficient (Wildman–Crippen LogP) is 6.05. The Bertz CT molecular complexity index is 972. The number of para-hydroxylation sites is 1. The number of rotatable bonds is 9. The molecule has 0 fully saturated rings. The third kappa shape index (κ3) is 5.31. The molecule has 1 aromatic heterocycles. The van der Waals surface area contributed by atoms with Crippen molar-refractivity contribution in [2.45, 2.75) is 25.7 Å². The van der Waals surface area contributed by atoms with Crippen LogP contribution in [-0.2, 0) is 0 Å². The molecule has 0 aliphatic carbocycles. The highest BCUT2D eigenvalue weighted by atomic mass is 35.5. The first-order valence-corrected chi connectivity index (χ1v) is 12.1. The number of hydrogen-bond acceptors (Lipinski definition) is 5. The summed E-state index contributed by atoms with van der Waals surface area (Å²) in [6.45, 7) is 9.67. The van der Waals surface area contributed by atoms with Crippen LogP contribution in [0.4, 0.5) is 5.13 Å². The van der Waals surface area contributed by atoms with Crippen molar-refractivity contribution in [1.29, 1.82) is 0 Å². The average Bonchev–Trinajstić information content (AvgIpc) is 3.17. The van der Waals surface area contributed by atoms with Crippen LogP contribution in [0.5, 0.6) is 0 Å². The van der Waals surface area contributed by atoms with E-state index in [1.54, 1.807) is 16.7 Å². The van der Waals surface area contributed by atoms with E-state index >= 15 is 0 Å². The van der Waals surface area contributed by atoms with Crippen molar-refractivity contribution in [2.75, 3.05) is 36.8 Å². The Kier molecular flexibility index (Phi) is 7.95. The van der Waals surface area contributed by atoms with Gasteiger partial charge in [-0.2, -0.15) is 0 Å². The molecule has 0 bridgehead atoms. The van der Waals surface area contributed by atoms with Crippen LogP contribution >= 0.6 is 34.7 Å². The van der Waals surface area contributed by atoms with E-state index in [0.29, 0.717) is 22.3 Å². The van der Waals surface area contributed by atoms with Gasteiger partial charge in [0.2, 0.25) is 0 Å². The Labute approximate surface area is 185 Å². The second-order valence-corrected chi connectivity index (χ2v) is 9.28. The highest BCUT2D eigenvalue weighted by Gasteiger charge is 2.22. The van der Waals surface area contributed by atoms with Crippen LogP contribution in [0.25, 0.3) is 10.2 Å². The van der Waals surface area contributed by atoms with E-state index in [1.807, 2.05) is 42.5 Å². The Morgan fingerprint density at radius 1 is 1.10 bits per heavy atom. The van der Waals surface area contributed by atoms with E-state index in [9.17, 15) is 4.79 Å². The number of carbonyl (C=O) groups is 1. The first-order chi connectivity index (χ1) is 14.1. The van der Waals surface area contributed by atoms with Gasteiger partial charge in [-0.05, 0) is 49.2 Å². The van der Waals surface area contributed by atoms with Crippen LogP contribution < -0.4 is 4.90 Å². The SMILES string of the molecule is CCSc1cccc(C(=O)N(CCN(CC)CC)c2nc3c(Cl)cccc3s2)c1. The van der Waals surface area contributed by atoms with E-state index in [4.69, 9.17) is 16.6 Å². The first-order valence-electron chi connectivity index (χ1n) is 9.89. The summed E-state index contributed by atoms with van der Waals surface area (Å²) in [7, 11) is 0. The molecular formula is C22H26ClN3OS2. The van der Waals surface area contributed by atoms with Crippen molar-refractivity contribution in [3.63, 3.8) is 0 Å². The minimum Gasteiger partial charge on any atom is -0.302 e. The molecule has 0 aliphatic heterocycles. The highest BCUT2D eigenvalue weighted by Crippen LogP contribution is 2.33. The first kappa shape index (κ1) is 22.1. The molecule has 0 saturated carbocycles. The Balaban J connectivity index is 1.96. The maximum absolute atomic E-state index is 13.5. The number of thiazole rings is 1. The Morgan fingerprint density at radius 2 is 1.86 bits per heavy atom. The topological polar surface area (TPSA) is 36.4 Å². The molecule has 0 saturated heterocycles. The van der Waals surface area contributed by atoms with Crippen LogP contribution in [0.3, 0.4) is 0 Å². The lowest BCUT2D eigenvalue weighted by Gasteiger charge is -2.25. The molecule has 154 valence electrons. The third-order valence-corrected chi connectivity index (χ3v) is 6.99. The molecule has 0 N–H and O–H groups in total. The van der Waals surface area contributed by atoms with Crippen molar-refractivity contribution >= 4 is 56.0 Å². The molecule has 1 amide bonds. The summed E-state index contributed by atoms with van der Waals surface area (Å²) in [6.07, 6.45) is 0. The zero-order chi connectivity index (χ0) is 20.8. The number of nitrogens with zero attached hydrogens (tertiary/aromatic N) is 3. The molecular weight excluding hydrogens is 422 g/mol. The van der Waals surface area contributed by atoms with E-state index in [1.165, 1.54) is 11.3 Å². The zero-order valence-electron chi connectivity index (χ0n) is 17.0. The number of thioether (sulfide) groups is 1. The molecule has 0 radical (unpaired) electrons. The van der Waals surface area contributed by atoms with Gasteiger partial charge >= 0.3 is 0 Å². The van der Waals surface area contributed by atoms with Crippen LogP contribution in [0.15, 0.2) is 47.4 Å². The molecule has 7 heteroatoms. The highest BCUT2D eigenvalue weighted by molar-refractivity contribution is 7.99. The van der Waals surface area contributed by atoms with Gasteiger partial charge in [-0.25, -0.2) is 4.98 Å². The summed E-state index contributed by atoms with van der Waals surface area (Å²) in [4.78, 5) is 23.4. The number of benzene rings is 2. The summed E-state index contributed by atoms with van der Waals surface area (Å²) in [6, 6.07) is 13.6. The van der Waals surface area contributed by atoms with Gasteiger partial charge in [-0.3, -0.25) is 9.69 Å². The Hall–Kier alpha value is -1.60. The largest absolute Gasteiger partial charge is 0.302 e. The van der Waals surface area contributed by atoms with E-state index in [-0.39, 0.29) is 5.91 Å². The molecule has 0 spiro atoms. The lowest BCUT2D eigenvalue weighted by Crippen LogP contribution is -2.38. The van der Waals surface area contributed by atoms with Gasteiger partial charge in [-0.1, -0.05) is 55.8 Å². The van der Waals surface area contributed by atoms with Gasteiger partial charge in [0.25, 0.3) is 5.91 Å². The van der Waals surface area contributed by atoms with Crippen molar-refractivity contribution < 1.29 is 4.79 Å². The number of hydrogen-bond donors (Lipinski definition) is 0. The maximum atomic E-state index is 13.5. The van der Waals surface area contributed by atoms with Gasteiger partial charge in [0.1, 0.15) is 5.52 Å². The summed E-state index contributed by atoms with van der Waals surface area (Å²) < 4.78 is 0.989. The minimum atomic E-state index is -0.0223. The maximum Gasteiger partial charge on any atom is 0.260 e. The summed E-state index contributed by atoms with van der Waals surface area (Å²) >= 11 is 9.58. The average molecular weight is 448 g/mol. The van der Waals surface area contributed by atoms with E-state index in [2.05, 4.69) is 25.7 Å². The van der Waals surface area contributed by atoms with Gasteiger partial charge in [-0.15, -0.1) is 11.8 Å². The number of likely N-dealkylation sites (N-methyl/N-ethyl adjacent to an activating group) is 1. The molecule has 4 nitrogen and oxygen atoms in total. The summed E-state index contributed by atoms with van der Waals surface area (Å²) in [5.41, 5.74) is 1.44.